The Kier molecular flexibility index (Phi) is 16.5. The third kappa shape index (κ3) is 13.0. The van der Waals surface area contributed by atoms with Crippen molar-refractivity contribution in [2.45, 2.75) is 78.5 Å². The number of piperazine rings is 1. The number of hydrogen-bond donors (Lipinski definition) is 2. The molecule has 0 aliphatic carbocycles. The molecule has 0 aromatic heterocycles. The van der Waals surface area contributed by atoms with Crippen molar-refractivity contribution in [3.8, 4) is 11.8 Å². The van der Waals surface area contributed by atoms with Gasteiger partial charge in [0, 0.05) is 81.5 Å². The van der Waals surface area contributed by atoms with E-state index in [0.29, 0.717) is 51.4 Å². The van der Waals surface area contributed by atoms with Crippen LogP contribution in [0.4, 0.5) is 13.6 Å². The summed E-state index contributed by atoms with van der Waals surface area (Å²) in [6.07, 6.45) is 1.86. The molecule has 2 atom stereocenters. The molecule has 1 saturated heterocycles. The molecule has 0 spiro atoms. The van der Waals surface area contributed by atoms with Crippen LogP contribution in [0.15, 0.2) is 60.7 Å². The number of amides is 3. The standard InChI is InChI=1S/C43H55F2N5O4/c1-6-9-10-12-32-13-11-14-33(23-32)29-46-30-40(54-43(53)50-19-17-48(5)18-20-50)39(26-34-24-37(44)28-38(45)25-34)47-41(51)35-21-31(4)22-36(27-35)42(52)49(15-7-2)16-8-3/h11,13-14,21-25,27-28,39-40,46H,6-9,15-20,26,29-30H2,1-5H3,(H,47,51)/t39-,40+/m0/s1. The third-order valence-corrected chi connectivity index (χ3v) is 9.23. The molecule has 0 bridgehead atoms. The number of ether oxygens (including phenoxy) is 1. The smallest absolute Gasteiger partial charge is 0.410 e. The predicted octanol–water partition coefficient (Wildman–Crippen LogP) is 6.57. The van der Waals surface area contributed by atoms with Crippen LogP contribution >= 0.6 is 0 Å². The summed E-state index contributed by atoms with van der Waals surface area (Å²) >= 11 is 0. The summed E-state index contributed by atoms with van der Waals surface area (Å²) in [4.78, 5) is 46.8. The first-order valence-electron chi connectivity index (χ1n) is 19.1. The van der Waals surface area contributed by atoms with Gasteiger partial charge in [-0.2, -0.15) is 0 Å². The Morgan fingerprint density at radius 1 is 0.870 bits per heavy atom. The number of likely N-dealkylation sites (N-methyl/N-ethyl adjacent to an activating group) is 1. The summed E-state index contributed by atoms with van der Waals surface area (Å²) in [5, 5.41) is 6.41. The molecule has 4 rings (SSSR count). The lowest BCUT2D eigenvalue weighted by Crippen LogP contribution is -2.53. The molecule has 9 nitrogen and oxygen atoms in total. The molecule has 1 heterocycles. The van der Waals surface area contributed by atoms with E-state index in [1.807, 2.05) is 52.1 Å². The van der Waals surface area contributed by atoms with Crippen LogP contribution in [0, 0.1) is 30.4 Å². The van der Waals surface area contributed by atoms with Crippen molar-refractivity contribution in [3.05, 3.63) is 106 Å². The molecule has 0 radical (unpaired) electrons. The first-order chi connectivity index (χ1) is 26.0. The molecule has 2 N–H and O–H groups in total. The molecular formula is C43H55F2N5O4. The van der Waals surface area contributed by atoms with Crippen LogP contribution in [0.1, 0.15) is 89.4 Å². The highest BCUT2D eigenvalue weighted by Crippen LogP contribution is 2.18. The number of rotatable bonds is 16. The number of carbonyl (C=O) groups excluding carboxylic acids is 3. The lowest BCUT2D eigenvalue weighted by atomic mass is 9.99. The Morgan fingerprint density at radius 3 is 2.22 bits per heavy atom. The fraction of sp³-hybridized carbons (Fsp3) is 0.465. The second-order valence-corrected chi connectivity index (χ2v) is 14.0. The van der Waals surface area contributed by atoms with Gasteiger partial charge in [0.25, 0.3) is 11.8 Å². The van der Waals surface area contributed by atoms with E-state index in [4.69, 9.17) is 4.74 Å². The van der Waals surface area contributed by atoms with Gasteiger partial charge in [0.2, 0.25) is 0 Å². The van der Waals surface area contributed by atoms with E-state index in [1.54, 1.807) is 28.0 Å². The molecule has 11 heteroatoms. The monoisotopic (exact) mass is 743 g/mol. The zero-order chi connectivity index (χ0) is 39.0. The average Bonchev–Trinajstić information content (AvgIpc) is 3.13. The number of unbranched alkanes of at least 4 members (excludes halogenated alkanes) is 1. The van der Waals surface area contributed by atoms with Gasteiger partial charge in [-0.1, -0.05) is 44.7 Å². The maximum Gasteiger partial charge on any atom is 0.410 e. The number of nitrogens with one attached hydrogen (secondary N) is 2. The van der Waals surface area contributed by atoms with Crippen molar-refractivity contribution in [1.29, 1.82) is 0 Å². The van der Waals surface area contributed by atoms with Crippen LogP contribution in [0.5, 0.6) is 0 Å². The van der Waals surface area contributed by atoms with Gasteiger partial charge < -0.3 is 30.1 Å². The van der Waals surface area contributed by atoms with Crippen LogP contribution in [-0.4, -0.2) is 97.6 Å². The van der Waals surface area contributed by atoms with Crippen LogP contribution < -0.4 is 10.6 Å². The van der Waals surface area contributed by atoms with Gasteiger partial charge in [0.1, 0.15) is 17.7 Å². The fourth-order valence-corrected chi connectivity index (χ4v) is 6.45. The van der Waals surface area contributed by atoms with Crippen LogP contribution in [0.3, 0.4) is 0 Å². The zero-order valence-electron chi connectivity index (χ0n) is 32.4. The van der Waals surface area contributed by atoms with E-state index >= 15 is 0 Å². The summed E-state index contributed by atoms with van der Waals surface area (Å²) in [7, 11) is 1.99. The van der Waals surface area contributed by atoms with Crippen molar-refractivity contribution >= 4 is 17.9 Å². The van der Waals surface area contributed by atoms with Crippen LogP contribution in [0.25, 0.3) is 0 Å². The topological polar surface area (TPSA) is 94.2 Å². The molecular weight excluding hydrogens is 688 g/mol. The SMILES string of the molecule is CCCC#Cc1cccc(CNC[C@@H](OC(=O)N2CCN(C)CC2)[C@H](Cc2cc(F)cc(F)c2)NC(=O)c2cc(C)cc(C(=O)N(CCC)CCC)c2)c1. The Labute approximate surface area is 319 Å². The van der Waals surface area contributed by atoms with Crippen molar-refractivity contribution in [3.63, 3.8) is 0 Å². The molecule has 54 heavy (non-hydrogen) atoms. The second kappa shape index (κ2) is 21.2. The average molecular weight is 744 g/mol. The molecule has 1 aliphatic heterocycles. The molecule has 1 aliphatic rings. The Balaban J connectivity index is 1.66. The number of carbonyl (C=O) groups is 3. The highest BCUT2D eigenvalue weighted by atomic mass is 19.1. The maximum absolute atomic E-state index is 14.5. The summed E-state index contributed by atoms with van der Waals surface area (Å²) in [6.45, 7) is 12.0. The summed E-state index contributed by atoms with van der Waals surface area (Å²) < 4.78 is 35.1. The molecule has 3 aromatic rings. The largest absolute Gasteiger partial charge is 0.443 e. The Hall–Kier alpha value is -4.79. The highest BCUT2D eigenvalue weighted by molar-refractivity contribution is 6.00. The van der Waals surface area contributed by atoms with Crippen LogP contribution in [-0.2, 0) is 17.7 Å². The second-order valence-electron chi connectivity index (χ2n) is 14.0. The lowest BCUT2D eigenvalue weighted by Gasteiger charge is -2.34. The number of halogens is 2. The predicted molar refractivity (Wildman–Crippen MR) is 208 cm³/mol. The van der Waals surface area contributed by atoms with Gasteiger partial charge in [-0.25, -0.2) is 13.6 Å². The van der Waals surface area contributed by atoms with E-state index in [0.717, 1.165) is 48.4 Å². The number of nitrogens with zero attached hydrogens (tertiary/aromatic N) is 3. The van der Waals surface area contributed by atoms with Crippen molar-refractivity contribution in [2.24, 2.45) is 0 Å². The zero-order valence-corrected chi connectivity index (χ0v) is 32.4. The molecule has 1 fully saturated rings. The van der Waals surface area contributed by atoms with E-state index in [-0.39, 0.29) is 30.0 Å². The van der Waals surface area contributed by atoms with Crippen molar-refractivity contribution in [2.75, 3.05) is 52.9 Å². The number of aryl methyl sites for hydroxylation is 1. The summed E-state index contributed by atoms with van der Waals surface area (Å²) in [5.41, 5.74) is 3.51. The Morgan fingerprint density at radius 2 is 1.56 bits per heavy atom. The van der Waals surface area contributed by atoms with E-state index in [9.17, 15) is 23.2 Å². The van der Waals surface area contributed by atoms with Crippen LogP contribution in [0.2, 0.25) is 0 Å². The summed E-state index contributed by atoms with van der Waals surface area (Å²) in [6, 6.07) is 15.2. The van der Waals surface area contributed by atoms with E-state index in [1.165, 1.54) is 12.1 Å². The minimum absolute atomic E-state index is 0.0380. The highest BCUT2D eigenvalue weighted by Gasteiger charge is 2.31. The van der Waals surface area contributed by atoms with E-state index < -0.39 is 35.8 Å². The quantitative estimate of drug-likeness (QED) is 0.161. The van der Waals surface area contributed by atoms with Gasteiger partial charge in [0.05, 0.1) is 6.04 Å². The lowest BCUT2D eigenvalue weighted by molar-refractivity contribution is 0.0327. The minimum atomic E-state index is -0.949. The van der Waals surface area contributed by atoms with Gasteiger partial charge in [0.15, 0.2) is 0 Å². The minimum Gasteiger partial charge on any atom is -0.443 e. The normalized spacial score (nSPS) is 14.1. The van der Waals surface area contributed by atoms with Gasteiger partial charge in [-0.3, -0.25) is 9.59 Å². The van der Waals surface area contributed by atoms with Gasteiger partial charge >= 0.3 is 6.09 Å². The van der Waals surface area contributed by atoms with Gasteiger partial charge in [-0.05, 0) is 98.8 Å². The van der Waals surface area contributed by atoms with Crippen molar-refractivity contribution < 1.29 is 27.9 Å². The molecule has 3 amide bonds. The molecule has 0 unspecified atom stereocenters. The fourth-order valence-electron chi connectivity index (χ4n) is 6.45. The molecule has 3 aromatic carbocycles. The Bertz CT molecular complexity index is 1760. The molecule has 0 saturated carbocycles. The first kappa shape index (κ1) is 42.0. The van der Waals surface area contributed by atoms with E-state index in [2.05, 4.69) is 34.3 Å². The van der Waals surface area contributed by atoms with Crippen molar-refractivity contribution in [1.82, 2.24) is 25.3 Å². The number of benzene rings is 3. The maximum atomic E-state index is 14.5. The third-order valence-electron chi connectivity index (χ3n) is 9.23. The summed E-state index contributed by atoms with van der Waals surface area (Å²) in [5.74, 6) is 4.17. The first-order valence-corrected chi connectivity index (χ1v) is 19.1. The van der Waals surface area contributed by atoms with Gasteiger partial charge in [-0.15, -0.1) is 0 Å². The molecule has 290 valence electrons. The number of hydrogen-bond acceptors (Lipinski definition) is 6.